The summed E-state index contributed by atoms with van der Waals surface area (Å²) in [4.78, 5) is 23.4. The fourth-order valence-electron chi connectivity index (χ4n) is 2.73. The van der Waals surface area contributed by atoms with Crippen LogP contribution in [0.2, 0.25) is 0 Å². The van der Waals surface area contributed by atoms with Crippen molar-refractivity contribution in [3.8, 4) is 0 Å². The van der Waals surface area contributed by atoms with Crippen molar-refractivity contribution in [2.24, 2.45) is 0 Å². The average molecular weight is 339 g/mol. The molecule has 2 N–H and O–H groups in total. The number of amides is 1. The minimum atomic E-state index is -1.08. The normalized spacial score (nSPS) is 14.6. The number of aliphatic carboxylic acids is 1. The molecule has 0 saturated heterocycles. The molecule has 0 aromatic heterocycles. The number of hydrogen-bond acceptors (Lipinski definition) is 3. The van der Waals surface area contributed by atoms with Gasteiger partial charge in [0.15, 0.2) is 0 Å². The number of ether oxygens (including phenoxy) is 1. The van der Waals surface area contributed by atoms with Crippen LogP contribution in [-0.2, 0) is 22.6 Å². The molecule has 0 aliphatic heterocycles. The zero-order valence-corrected chi connectivity index (χ0v) is 13.9. The molecule has 130 valence electrons. The Hall–Kier alpha value is -2.82. The highest BCUT2D eigenvalue weighted by molar-refractivity contribution is 5.80. The Morgan fingerprint density at radius 3 is 2.48 bits per heavy atom. The van der Waals surface area contributed by atoms with Gasteiger partial charge in [-0.05, 0) is 35.4 Å². The molecule has 1 aliphatic carbocycles. The van der Waals surface area contributed by atoms with Crippen molar-refractivity contribution in [1.82, 2.24) is 5.32 Å². The highest BCUT2D eigenvalue weighted by Crippen LogP contribution is 2.40. The number of rotatable bonds is 7. The number of nitrogens with one attached hydrogen (secondary N) is 1. The first kappa shape index (κ1) is 17.0. The highest BCUT2D eigenvalue weighted by Gasteiger charge is 2.25. The Balaban J connectivity index is 1.56. The van der Waals surface area contributed by atoms with Crippen molar-refractivity contribution in [1.29, 1.82) is 0 Å². The van der Waals surface area contributed by atoms with Crippen LogP contribution in [0.5, 0.6) is 0 Å². The lowest BCUT2D eigenvalue weighted by Gasteiger charge is -2.15. The van der Waals surface area contributed by atoms with Gasteiger partial charge in [-0.1, -0.05) is 54.6 Å². The first-order valence-electron chi connectivity index (χ1n) is 8.40. The van der Waals surface area contributed by atoms with Gasteiger partial charge in [-0.2, -0.15) is 0 Å². The van der Waals surface area contributed by atoms with E-state index < -0.39 is 18.1 Å². The number of hydrogen-bond donors (Lipinski definition) is 2. The largest absolute Gasteiger partial charge is 0.480 e. The number of carbonyl (C=O) groups excluding carboxylic acids is 1. The molecule has 3 rings (SSSR count). The zero-order valence-electron chi connectivity index (χ0n) is 13.9. The second-order valence-electron chi connectivity index (χ2n) is 6.32. The second kappa shape index (κ2) is 7.83. The van der Waals surface area contributed by atoms with Gasteiger partial charge in [-0.15, -0.1) is 0 Å². The minimum Gasteiger partial charge on any atom is -0.480 e. The smallest absolute Gasteiger partial charge is 0.408 e. The predicted octanol–water partition coefficient (Wildman–Crippen LogP) is 3.49. The topological polar surface area (TPSA) is 75.6 Å². The maximum Gasteiger partial charge on any atom is 0.408 e. The number of carboxylic acid groups (broad SMARTS) is 1. The van der Waals surface area contributed by atoms with Gasteiger partial charge in [0.2, 0.25) is 0 Å². The summed E-state index contributed by atoms with van der Waals surface area (Å²) in [7, 11) is 0. The Morgan fingerprint density at radius 2 is 1.80 bits per heavy atom. The fourth-order valence-corrected chi connectivity index (χ4v) is 2.73. The molecule has 5 nitrogen and oxygen atoms in total. The van der Waals surface area contributed by atoms with E-state index >= 15 is 0 Å². The first-order chi connectivity index (χ1) is 12.1. The van der Waals surface area contributed by atoms with E-state index in [-0.39, 0.29) is 13.0 Å². The molecule has 25 heavy (non-hydrogen) atoms. The summed E-state index contributed by atoms with van der Waals surface area (Å²) in [6, 6.07) is 16.2. The average Bonchev–Trinajstić information content (AvgIpc) is 3.46. The third-order valence-electron chi connectivity index (χ3n) is 4.24. The summed E-state index contributed by atoms with van der Waals surface area (Å²) in [6.45, 7) is 0.107. The van der Waals surface area contributed by atoms with E-state index in [2.05, 4.69) is 11.4 Å². The summed E-state index contributed by atoms with van der Waals surface area (Å²) >= 11 is 0. The van der Waals surface area contributed by atoms with Gasteiger partial charge in [-0.25, -0.2) is 9.59 Å². The SMILES string of the molecule is O=C(NC(Cc1cccc(C2CC2)c1)C(=O)O)OCc1ccccc1. The quantitative estimate of drug-likeness (QED) is 0.810. The van der Waals surface area contributed by atoms with Crippen LogP contribution in [0.15, 0.2) is 54.6 Å². The van der Waals surface area contributed by atoms with Crippen LogP contribution in [0.3, 0.4) is 0 Å². The van der Waals surface area contributed by atoms with E-state index in [1.54, 1.807) is 0 Å². The summed E-state index contributed by atoms with van der Waals surface area (Å²) in [5, 5.41) is 11.8. The number of carbonyl (C=O) groups is 2. The van der Waals surface area contributed by atoms with Gasteiger partial charge in [0.05, 0.1) is 0 Å². The molecule has 2 aromatic rings. The molecule has 1 atom stereocenters. The Bertz CT molecular complexity index is 740. The second-order valence-corrected chi connectivity index (χ2v) is 6.32. The predicted molar refractivity (Wildman–Crippen MR) is 93.3 cm³/mol. The number of carboxylic acids is 1. The molecule has 1 amide bonds. The van der Waals surface area contributed by atoms with Gasteiger partial charge >= 0.3 is 12.1 Å². The van der Waals surface area contributed by atoms with E-state index in [0.717, 1.165) is 11.1 Å². The van der Waals surface area contributed by atoms with Crippen LogP contribution in [0.4, 0.5) is 4.79 Å². The van der Waals surface area contributed by atoms with E-state index in [9.17, 15) is 14.7 Å². The summed E-state index contributed by atoms with van der Waals surface area (Å²) < 4.78 is 5.11. The Labute approximate surface area is 146 Å². The summed E-state index contributed by atoms with van der Waals surface area (Å²) in [5.74, 6) is -0.472. The van der Waals surface area contributed by atoms with Gasteiger partial charge in [0.1, 0.15) is 12.6 Å². The molecular weight excluding hydrogens is 318 g/mol. The van der Waals surface area contributed by atoms with Crippen molar-refractivity contribution in [3.63, 3.8) is 0 Å². The summed E-state index contributed by atoms with van der Waals surface area (Å²) in [6.07, 6.45) is 1.89. The van der Waals surface area contributed by atoms with E-state index in [4.69, 9.17) is 4.74 Å². The number of alkyl carbamates (subject to hydrolysis) is 1. The van der Waals surface area contributed by atoms with Crippen molar-refractivity contribution >= 4 is 12.1 Å². The third kappa shape index (κ3) is 5.08. The third-order valence-corrected chi connectivity index (χ3v) is 4.24. The van der Waals surface area contributed by atoms with Crippen molar-refractivity contribution < 1.29 is 19.4 Å². The van der Waals surface area contributed by atoms with Crippen LogP contribution in [0.1, 0.15) is 35.4 Å². The van der Waals surface area contributed by atoms with E-state index in [0.29, 0.717) is 5.92 Å². The first-order valence-corrected chi connectivity index (χ1v) is 8.40. The van der Waals surface area contributed by atoms with Crippen LogP contribution < -0.4 is 5.32 Å². The van der Waals surface area contributed by atoms with Crippen molar-refractivity contribution in [3.05, 3.63) is 71.3 Å². The van der Waals surface area contributed by atoms with Crippen LogP contribution >= 0.6 is 0 Å². The van der Waals surface area contributed by atoms with Gasteiger partial charge < -0.3 is 15.2 Å². The van der Waals surface area contributed by atoms with E-state index in [1.807, 2.05) is 48.5 Å². The maximum atomic E-state index is 11.9. The highest BCUT2D eigenvalue weighted by atomic mass is 16.5. The molecule has 1 saturated carbocycles. The molecule has 0 spiro atoms. The molecule has 1 unspecified atom stereocenters. The molecule has 0 heterocycles. The lowest BCUT2D eigenvalue weighted by Crippen LogP contribution is -2.42. The van der Waals surface area contributed by atoms with Crippen molar-refractivity contribution in [2.45, 2.75) is 37.8 Å². The minimum absolute atomic E-state index is 0.107. The Kier molecular flexibility index (Phi) is 5.33. The fraction of sp³-hybridized carbons (Fsp3) is 0.300. The molecule has 0 radical (unpaired) electrons. The molecule has 1 aliphatic rings. The molecule has 2 aromatic carbocycles. The van der Waals surface area contributed by atoms with Crippen LogP contribution in [0.25, 0.3) is 0 Å². The summed E-state index contributed by atoms with van der Waals surface area (Å²) in [5.41, 5.74) is 3.00. The molecular formula is C20H21NO4. The van der Waals surface area contributed by atoms with Crippen molar-refractivity contribution in [2.75, 3.05) is 0 Å². The monoisotopic (exact) mass is 339 g/mol. The molecule has 1 fully saturated rings. The molecule has 5 heteroatoms. The number of benzene rings is 2. The van der Waals surface area contributed by atoms with Gasteiger partial charge in [-0.3, -0.25) is 0 Å². The van der Waals surface area contributed by atoms with Gasteiger partial charge in [0, 0.05) is 6.42 Å². The zero-order chi connectivity index (χ0) is 17.6. The van der Waals surface area contributed by atoms with Crippen LogP contribution in [-0.4, -0.2) is 23.2 Å². The lowest BCUT2D eigenvalue weighted by molar-refractivity contribution is -0.139. The molecule has 0 bridgehead atoms. The van der Waals surface area contributed by atoms with E-state index in [1.165, 1.54) is 18.4 Å². The maximum absolute atomic E-state index is 11.9. The van der Waals surface area contributed by atoms with Gasteiger partial charge in [0.25, 0.3) is 0 Å². The Morgan fingerprint density at radius 1 is 1.08 bits per heavy atom. The lowest BCUT2D eigenvalue weighted by atomic mass is 10.0. The standard InChI is InChI=1S/C20H21NO4/c22-19(23)18(12-15-7-4-8-17(11-15)16-9-10-16)21-20(24)25-13-14-5-2-1-3-6-14/h1-8,11,16,18H,9-10,12-13H2,(H,21,24)(H,22,23). The van der Waals surface area contributed by atoms with Crippen LogP contribution in [0, 0.1) is 0 Å².